The van der Waals surface area contributed by atoms with Gasteiger partial charge in [0.1, 0.15) is 5.92 Å². The number of nitrogens with one attached hydrogen (secondary N) is 2. The van der Waals surface area contributed by atoms with Crippen molar-refractivity contribution in [3.05, 3.63) is 28.7 Å². The number of hydrogen-bond donors (Lipinski definition) is 2. The van der Waals surface area contributed by atoms with Crippen LogP contribution in [0.3, 0.4) is 0 Å². The van der Waals surface area contributed by atoms with Gasteiger partial charge in [0.2, 0.25) is 11.8 Å². The van der Waals surface area contributed by atoms with Gasteiger partial charge in [-0.2, -0.15) is 0 Å². The Labute approximate surface area is 139 Å². The van der Waals surface area contributed by atoms with Crippen molar-refractivity contribution in [2.45, 2.75) is 19.8 Å². The summed E-state index contributed by atoms with van der Waals surface area (Å²) in [5, 5.41) is 6.06. The largest absolute Gasteiger partial charge is 0.354 e. The minimum atomic E-state index is -0.565. The van der Waals surface area contributed by atoms with E-state index in [1.807, 2.05) is 24.3 Å². The maximum Gasteiger partial charge on any atom is 0.239 e. The molecule has 0 bridgehead atoms. The lowest BCUT2D eigenvalue weighted by Gasteiger charge is -2.17. The highest BCUT2D eigenvalue weighted by atomic mass is 79.9. The van der Waals surface area contributed by atoms with E-state index in [2.05, 4.69) is 33.5 Å². The van der Waals surface area contributed by atoms with Gasteiger partial charge in [0, 0.05) is 29.8 Å². The third-order valence-electron chi connectivity index (χ3n) is 3.67. The molecule has 1 aromatic carbocycles. The molecule has 0 saturated carbocycles. The highest BCUT2D eigenvalue weighted by Crippen LogP contribution is 2.27. The van der Waals surface area contributed by atoms with Crippen LogP contribution in [0.5, 0.6) is 0 Å². The number of rotatable bonds is 7. The molecule has 1 aromatic rings. The van der Waals surface area contributed by atoms with Crippen LogP contribution < -0.4 is 15.5 Å². The maximum atomic E-state index is 12.4. The summed E-state index contributed by atoms with van der Waals surface area (Å²) in [7, 11) is 0. The lowest BCUT2D eigenvalue weighted by molar-refractivity contribution is -0.132. The number of benzene rings is 1. The molecule has 0 aromatic heterocycles. The van der Waals surface area contributed by atoms with Crippen molar-refractivity contribution >= 4 is 33.4 Å². The fraction of sp³-hybridized carbons (Fsp3) is 0.500. The van der Waals surface area contributed by atoms with Crippen LogP contribution >= 0.6 is 15.9 Å². The van der Waals surface area contributed by atoms with Crippen molar-refractivity contribution < 1.29 is 9.59 Å². The number of carbonyl (C=O) groups is 2. The van der Waals surface area contributed by atoms with Crippen molar-refractivity contribution in [3.8, 4) is 0 Å². The lowest BCUT2D eigenvalue weighted by atomic mass is 10.1. The molecule has 1 atom stereocenters. The van der Waals surface area contributed by atoms with E-state index in [0.29, 0.717) is 19.5 Å². The molecular formula is C16H22BrN3O2. The third kappa shape index (κ3) is 4.30. The molecule has 1 unspecified atom stereocenters. The zero-order valence-corrected chi connectivity index (χ0v) is 14.4. The highest BCUT2D eigenvalue weighted by Gasteiger charge is 2.37. The highest BCUT2D eigenvalue weighted by molar-refractivity contribution is 9.10. The van der Waals surface area contributed by atoms with E-state index < -0.39 is 5.92 Å². The van der Waals surface area contributed by atoms with Gasteiger partial charge >= 0.3 is 0 Å². The van der Waals surface area contributed by atoms with Gasteiger partial charge in [-0.05, 0) is 37.6 Å². The van der Waals surface area contributed by atoms with E-state index in [1.54, 1.807) is 4.90 Å². The number of nitrogens with zero attached hydrogens (tertiary/aromatic N) is 1. The Morgan fingerprint density at radius 3 is 2.91 bits per heavy atom. The monoisotopic (exact) mass is 367 g/mol. The summed E-state index contributed by atoms with van der Waals surface area (Å²) in [4.78, 5) is 26.2. The summed E-state index contributed by atoms with van der Waals surface area (Å²) < 4.78 is 0.924. The first-order valence-corrected chi connectivity index (χ1v) is 8.48. The van der Waals surface area contributed by atoms with E-state index >= 15 is 0 Å². The number of amides is 2. The van der Waals surface area contributed by atoms with E-state index in [9.17, 15) is 9.59 Å². The number of halogens is 1. The van der Waals surface area contributed by atoms with Gasteiger partial charge in [0.05, 0.1) is 0 Å². The van der Waals surface area contributed by atoms with E-state index in [1.165, 1.54) is 0 Å². The first-order valence-electron chi connectivity index (χ1n) is 7.69. The van der Waals surface area contributed by atoms with E-state index in [4.69, 9.17) is 0 Å². The standard InChI is InChI=1S/C16H22BrN3O2/c1-2-7-18-8-9-19-15(21)14-6-10-20(16(14)22)13-5-3-4-12(17)11-13/h3-5,11,14,18H,2,6-10H2,1H3,(H,19,21). The molecule has 22 heavy (non-hydrogen) atoms. The van der Waals surface area contributed by atoms with Crippen LogP contribution in [0.4, 0.5) is 5.69 Å². The van der Waals surface area contributed by atoms with Crippen molar-refractivity contribution in [1.29, 1.82) is 0 Å². The Balaban J connectivity index is 1.87. The zero-order valence-electron chi connectivity index (χ0n) is 12.8. The number of hydrogen-bond acceptors (Lipinski definition) is 3. The summed E-state index contributed by atoms with van der Waals surface area (Å²) in [6, 6.07) is 7.58. The van der Waals surface area contributed by atoms with Gasteiger partial charge in [0.25, 0.3) is 0 Å². The maximum absolute atomic E-state index is 12.4. The molecule has 2 amide bonds. The van der Waals surface area contributed by atoms with Crippen molar-refractivity contribution in [3.63, 3.8) is 0 Å². The van der Waals surface area contributed by atoms with Gasteiger partial charge < -0.3 is 15.5 Å². The van der Waals surface area contributed by atoms with Crippen molar-refractivity contribution in [1.82, 2.24) is 10.6 Å². The number of carbonyl (C=O) groups excluding carboxylic acids is 2. The molecule has 1 heterocycles. The van der Waals surface area contributed by atoms with Gasteiger partial charge in [-0.25, -0.2) is 0 Å². The van der Waals surface area contributed by atoms with Gasteiger partial charge in [-0.3, -0.25) is 9.59 Å². The molecule has 1 aliphatic rings. The van der Waals surface area contributed by atoms with Gasteiger partial charge in [0.15, 0.2) is 0 Å². The molecule has 0 spiro atoms. The molecule has 1 saturated heterocycles. The molecule has 0 aliphatic carbocycles. The van der Waals surface area contributed by atoms with Crippen LogP contribution in [0.1, 0.15) is 19.8 Å². The Kier molecular flexibility index (Phi) is 6.39. The van der Waals surface area contributed by atoms with Crippen LogP contribution in [0, 0.1) is 5.92 Å². The number of anilines is 1. The van der Waals surface area contributed by atoms with Crippen LogP contribution in [0.15, 0.2) is 28.7 Å². The van der Waals surface area contributed by atoms with E-state index in [-0.39, 0.29) is 11.8 Å². The first-order chi connectivity index (χ1) is 10.6. The molecule has 1 fully saturated rings. The van der Waals surface area contributed by atoms with Crippen LogP contribution in [0.2, 0.25) is 0 Å². The van der Waals surface area contributed by atoms with Crippen LogP contribution in [0.25, 0.3) is 0 Å². The average Bonchev–Trinajstić information content (AvgIpc) is 2.88. The molecule has 6 heteroatoms. The fourth-order valence-electron chi connectivity index (χ4n) is 2.52. The molecule has 0 radical (unpaired) electrons. The summed E-state index contributed by atoms with van der Waals surface area (Å²) in [6.07, 6.45) is 1.64. The Hall–Kier alpha value is -1.40. The minimum Gasteiger partial charge on any atom is -0.354 e. The lowest BCUT2D eigenvalue weighted by Crippen LogP contribution is -2.39. The summed E-state index contributed by atoms with van der Waals surface area (Å²) >= 11 is 3.40. The Morgan fingerprint density at radius 1 is 1.36 bits per heavy atom. The molecule has 2 rings (SSSR count). The SMILES string of the molecule is CCCNCCNC(=O)C1CCN(c2cccc(Br)c2)C1=O. The smallest absolute Gasteiger partial charge is 0.239 e. The molecule has 5 nitrogen and oxygen atoms in total. The predicted octanol–water partition coefficient (Wildman–Crippen LogP) is 1.92. The second-order valence-corrected chi connectivity index (χ2v) is 6.27. The van der Waals surface area contributed by atoms with Crippen molar-refractivity contribution in [2.75, 3.05) is 31.1 Å². The second-order valence-electron chi connectivity index (χ2n) is 5.35. The van der Waals surface area contributed by atoms with Gasteiger partial charge in [-0.1, -0.05) is 28.9 Å². The van der Waals surface area contributed by atoms with E-state index in [0.717, 1.165) is 29.7 Å². The fourth-order valence-corrected chi connectivity index (χ4v) is 2.91. The summed E-state index contributed by atoms with van der Waals surface area (Å²) in [5.74, 6) is -0.844. The Morgan fingerprint density at radius 2 is 2.18 bits per heavy atom. The molecule has 1 aliphatic heterocycles. The average molecular weight is 368 g/mol. The predicted molar refractivity (Wildman–Crippen MR) is 90.8 cm³/mol. The zero-order chi connectivity index (χ0) is 15.9. The first kappa shape index (κ1) is 17.0. The molecule has 120 valence electrons. The Bertz CT molecular complexity index is 536. The quantitative estimate of drug-likeness (QED) is 0.571. The van der Waals surface area contributed by atoms with Crippen LogP contribution in [-0.2, 0) is 9.59 Å². The second kappa shape index (κ2) is 8.29. The molecule has 2 N–H and O–H groups in total. The van der Waals surface area contributed by atoms with Gasteiger partial charge in [-0.15, -0.1) is 0 Å². The van der Waals surface area contributed by atoms with Crippen molar-refractivity contribution in [2.24, 2.45) is 5.92 Å². The summed E-state index contributed by atoms with van der Waals surface area (Å²) in [5.41, 5.74) is 0.833. The van der Waals surface area contributed by atoms with Crippen LogP contribution in [-0.4, -0.2) is 38.0 Å². The third-order valence-corrected chi connectivity index (χ3v) is 4.16. The normalized spacial score (nSPS) is 17.8. The molecular weight excluding hydrogens is 346 g/mol. The summed E-state index contributed by atoms with van der Waals surface area (Å²) in [6.45, 7) is 4.91. The minimum absolute atomic E-state index is 0.114. The topological polar surface area (TPSA) is 61.4 Å².